The Kier molecular flexibility index (Phi) is 4.24. The topological polar surface area (TPSA) is 61.6 Å². The molecule has 1 saturated carbocycles. The fourth-order valence-corrected chi connectivity index (χ4v) is 2.22. The second-order valence-electron chi connectivity index (χ2n) is 5.06. The van der Waals surface area contributed by atoms with Gasteiger partial charge in [0.2, 0.25) is 0 Å². The van der Waals surface area contributed by atoms with Crippen molar-refractivity contribution in [2.45, 2.75) is 26.2 Å². The van der Waals surface area contributed by atoms with Crippen molar-refractivity contribution >= 4 is 5.69 Å². The predicted molar refractivity (Wildman–Crippen MR) is 71.6 cm³/mol. The van der Waals surface area contributed by atoms with E-state index in [-0.39, 0.29) is 5.69 Å². The quantitative estimate of drug-likeness (QED) is 0.430. The first-order valence-corrected chi connectivity index (χ1v) is 6.57. The van der Waals surface area contributed by atoms with Crippen molar-refractivity contribution in [3.63, 3.8) is 0 Å². The van der Waals surface area contributed by atoms with Gasteiger partial charge >= 0.3 is 0 Å². The zero-order chi connectivity index (χ0) is 13.8. The zero-order valence-electron chi connectivity index (χ0n) is 11.3. The highest BCUT2D eigenvalue weighted by molar-refractivity contribution is 5.48. The molecule has 1 aliphatic carbocycles. The summed E-state index contributed by atoms with van der Waals surface area (Å²) in [6.45, 7) is 2.83. The molecule has 0 radical (unpaired) electrons. The fourth-order valence-electron chi connectivity index (χ4n) is 2.22. The fraction of sp³-hybridized carbons (Fsp3) is 0.571. The van der Waals surface area contributed by atoms with Crippen LogP contribution in [0.2, 0.25) is 0 Å². The minimum absolute atomic E-state index is 0.0200. The lowest BCUT2D eigenvalue weighted by Crippen LogP contribution is -2.01. The number of ether oxygens (including phenoxy) is 2. The number of nitro benzene ring substituents is 1. The number of non-ortho nitro benzene ring substituents is 1. The van der Waals surface area contributed by atoms with Crippen molar-refractivity contribution in [1.29, 1.82) is 0 Å². The summed E-state index contributed by atoms with van der Waals surface area (Å²) < 4.78 is 10.7. The summed E-state index contributed by atoms with van der Waals surface area (Å²) in [7, 11) is 1.53. The van der Waals surface area contributed by atoms with Crippen LogP contribution >= 0.6 is 0 Å². The van der Waals surface area contributed by atoms with Crippen LogP contribution in [-0.4, -0.2) is 18.6 Å². The third-order valence-corrected chi connectivity index (χ3v) is 3.61. The molecule has 0 N–H and O–H groups in total. The number of methoxy groups -OCH3 is 1. The zero-order valence-corrected chi connectivity index (χ0v) is 11.3. The minimum Gasteiger partial charge on any atom is -0.493 e. The van der Waals surface area contributed by atoms with E-state index in [0.717, 1.165) is 18.3 Å². The van der Waals surface area contributed by atoms with E-state index in [0.29, 0.717) is 18.1 Å². The maximum absolute atomic E-state index is 10.7. The minimum atomic E-state index is -0.432. The monoisotopic (exact) mass is 265 g/mol. The van der Waals surface area contributed by atoms with Crippen LogP contribution in [0.4, 0.5) is 5.69 Å². The van der Waals surface area contributed by atoms with Crippen LogP contribution in [-0.2, 0) is 0 Å². The molecule has 0 bridgehead atoms. The number of rotatable bonds is 7. The van der Waals surface area contributed by atoms with Crippen LogP contribution in [0.15, 0.2) is 18.2 Å². The molecule has 2 atom stereocenters. The Balaban J connectivity index is 1.89. The van der Waals surface area contributed by atoms with Crippen molar-refractivity contribution in [3.05, 3.63) is 28.3 Å². The lowest BCUT2D eigenvalue weighted by molar-refractivity contribution is -0.385. The summed E-state index contributed by atoms with van der Waals surface area (Å²) in [6, 6.07) is 4.40. The highest BCUT2D eigenvalue weighted by Gasteiger charge is 2.31. The maximum atomic E-state index is 10.7. The number of hydrogen-bond acceptors (Lipinski definition) is 4. The van der Waals surface area contributed by atoms with Gasteiger partial charge in [0.1, 0.15) is 0 Å². The van der Waals surface area contributed by atoms with E-state index in [1.807, 2.05) is 0 Å². The van der Waals surface area contributed by atoms with Crippen LogP contribution in [0.1, 0.15) is 26.2 Å². The van der Waals surface area contributed by atoms with Crippen molar-refractivity contribution in [2.75, 3.05) is 13.7 Å². The van der Waals surface area contributed by atoms with E-state index in [1.165, 1.54) is 32.1 Å². The van der Waals surface area contributed by atoms with Crippen molar-refractivity contribution in [2.24, 2.45) is 11.8 Å². The van der Waals surface area contributed by atoms with Crippen LogP contribution < -0.4 is 9.47 Å². The Hall–Kier alpha value is -1.78. The molecule has 5 nitrogen and oxygen atoms in total. The van der Waals surface area contributed by atoms with Gasteiger partial charge in [-0.1, -0.05) is 6.92 Å². The van der Waals surface area contributed by atoms with Gasteiger partial charge in [-0.15, -0.1) is 0 Å². The Morgan fingerprint density at radius 1 is 1.42 bits per heavy atom. The summed E-state index contributed by atoms with van der Waals surface area (Å²) >= 11 is 0. The molecule has 1 aromatic rings. The molecule has 0 unspecified atom stereocenters. The normalized spacial score (nSPS) is 20.9. The van der Waals surface area contributed by atoms with E-state index in [9.17, 15) is 10.1 Å². The predicted octanol–water partition coefficient (Wildman–Crippen LogP) is 3.42. The molecule has 19 heavy (non-hydrogen) atoms. The van der Waals surface area contributed by atoms with Gasteiger partial charge in [0.25, 0.3) is 5.69 Å². The lowest BCUT2D eigenvalue weighted by atomic mass is 10.2. The molecule has 0 saturated heterocycles. The van der Waals surface area contributed by atoms with Crippen molar-refractivity contribution < 1.29 is 14.4 Å². The number of nitrogens with zero attached hydrogens (tertiary/aromatic N) is 1. The molecule has 1 fully saturated rings. The molecular weight excluding hydrogens is 246 g/mol. The Bertz CT molecular complexity index is 461. The van der Waals surface area contributed by atoms with E-state index < -0.39 is 4.92 Å². The van der Waals surface area contributed by atoms with E-state index in [1.54, 1.807) is 6.07 Å². The van der Waals surface area contributed by atoms with Gasteiger partial charge in [0.15, 0.2) is 11.5 Å². The summed E-state index contributed by atoms with van der Waals surface area (Å²) in [4.78, 5) is 10.3. The van der Waals surface area contributed by atoms with Gasteiger partial charge in [-0.2, -0.15) is 0 Å². The van der Waals surface area contributed by atoms with Crippen molar-refractivity contribution in [3.8, 4) is 11.5 Å². The van der Waals surface area contributed by atoms with Crippen molar-refractivity contribution in [1.82, 2.24) is 0 Å². The molecule has 104 valence electrons. The first-order chi connectivity index (χ1) is 9.11. The largest absolute Gasteiger partial charge is 0.493 e. The Labute approximate surface area is 112 Å². The molecule has 2 rings (SSSR count). The van der Waals surface area contributed by atoms with E-state index in [4.69, 9.17) is 9.47 Å². The molecule has 0 heterocycles. The molecule has 0 spiro atoms. The van der Waals surface area contributed by atoms with Gasteiger partial charge < -0.3 is 9.47 Å². The van der Waals surface area contributed by atoms with Gasteiger partial charge in [-0.05, 0) is 37.2 Å². The second kappa shape index (κ2) is 5.91. The lowest BCUT2D eigenvalue weighted by Gasteiger charge is -2.10. The third-order valence-electron chi connectivity index (χ3n) is 3.61. The second-order valence-corrected chi connectivity index (χ2v) is 5.06. The van der Waals surface area contributed by atoms with Crippen LogP contribution in [0, 0.1) is 22.0 Å². The van der Waals surface area contributed by atoms with E-state index in [2.05, 4.69) is 6.92 Å². The summed E-state index contributed by atoms with van der Waals surface area (Å²) in [5, 5.41) is 10.7. The number of benzene rings is 1. The molecule has 0 aliphatic heterocycles. The van der Waals surface area contributed by atoms with Gasteiger partial charge in [-0.25, -0.2) is 0 Å². The smallest absolute Gasteiger partial charge is 0.273 e. The van der Waals surface area contributed by atoms with Gasteiger partial charge in [0, 0.05) is 6.07 Å². The standard InChI is InChI=1S/C14H19NO4/c1-10-8-11(10)4-3-7-19-14-9-12(15(16)17)5-6-13(14)18-2/h5-6,9-11H,3-4,7-8H2,1-2H3/t10-,11-/m0/s1. The average Bonchev–Trinajstić information content (AvgIpc) is 3.10. The maximum Gasteiger partial charge on any atom is 0.273 e. The molecule has 5 heteroatoms. The molecule has 0 aromatic heterocycles. The number of hydrogen-bond donors (Lipinski definition) is 0. The van der Waals surface area contributed by atoms with Gasteiger partial charge in [0.05, 0.1) is 24.7 Å². The highest BCUT2D eigenvalue weighted by atomic mass is 16.6. The molecule has 0 amide bonds. The first-order valence-electron chi connectivity index (χ1n) is 6.57. The molecule has 1 aromatic carbocycles. The highest BCUT2D eigenvalue weighted by Crippen LogP contribution is 2.41. The third kappa shape index (κ3) is 3.59. The van der Waals surface area contributed by atoms with E-state index >= 15 is 0 Å². The average molecular weight is 265 g/mol. The summed E-state index contributed by atoms with van der Waals surface area (Å²) in [5.74, 6) is 2.67. The SMILES string of the molecule is COc1ccc([N+](=O)[O-])cc1OCCC[C@H]1C[C@@H]1C. The molecule has 1 aliphatic rings. The van der Waals surface area contributed by atoms with Gasteiger partial charge in [-0.3, -0.25) is 10.1 Å². The summed E-state index contributed by atoms with van der Waals surface area (Å²) in [5.41, 5.74) is 0.0200. The van der Waals surface area contributed by atoms with Crippen LogP contribution in [0.25, 0.3) is 0 Å². The number of nitro groups is 1. The summed E-state index contributed by atoms with van der Waals surface area (Å²) in [6.07, 6.45) is 3.46. The first kappa shape index (κ1) is 13.6. The van der Waals surface area contributed by atoms with Crippen LogP contribution in [0.3, 0.4) is 0 Å². The Morgan fingerprint density at radius 2 is 2.16 bits per heavy atom. The molecular formula is C14H19NO4. The Morgan fingerprint density at radius 3 is 2.74 bits per heavy atom. The van der Waals surface area contributed by atoms with Crippen LogP contribution in [0.5, 0.6) is 11.5 Å².